The Hall–Kier alpha value is -0.0400. The van der Waals surface area contributed by atoms with E-state index in [1.54, 1.807) is 0 Å². The van der Waals surface area contributed by atoms with Crippen LogP contribution in [-0.2, 0) is 4.74 Å². The highest BCUT2D eigenvalue weighted by atomic mass is 16.6. The van der Waals surface area contributed by atoms with Crippen LogP contribution in [0.3, 0.4) is 0 Å². The minimum Gasteiger partial charge on any atom is -0.365 e. The van der Waals surface area contributed by atoms with E-state index in [9.17, 15) is 0 Å². The standard InChI is InChI=1S/C19H30O/c1-17-11-8-14-15(19(17)16(20-19)9-12-17)7-6-13-5-3-4-10-18(13,14)2/h13-16H,3-12H2,1-2H3/t13-,14?,15?,16?,17?,18?,19?/m1/s1. The molecule has 7 atom stereocenters. The summed E-state index contributed by atoms with van der Waals surface area (Å²) in [7, 11) is 0. The van der Waals surface area contributed by atoms with Crippen LogP contribution in [0.15, 0.2) is 0 Å². The third-order valence-electron chi connectivity index (χ3n) is 8.83. The van der Waals surface area contributed by atoms with Crippen molar-refractivity contribution in [2.75, 3.05) is 0 Å². The lowest BCUT2D eigenvalue weighted by Crippen LogP contribution is -2.56. The van der Waals surface area contributed by atoms with Crippen LogP contribution in [0.2, 0.25) is 0 Å². The number of rotatable bonds is 0. The minimum atomic E-state index is 0.349. The Balaban J connectivity index is 1.54. The molecule has 5 aliphatic rings. The zero-order chi connectivity index (χ0) is 13.6. The fourth-order valence-corrected chi connectivity index (χ4v) is 7.70. The van der Waals surface area contributed by atoms with E-state index in [-0.39, 0.29) is 0 Å². The summed E-state index contributed by atoms with van der Waals surface area (Å²) in [6.07, 6.45) is 15.4. The van der Waals surface area contributed by atoms with Gasteiger partial charge in [-0.05, 0) is 80.0 Å². The van der Waals surface area contributed by atoms with Crippen molar-refractivity contribution in [2.45, 2.75) is 89.8 Å². The van der Waals surface area contributed by atoms with Gasteiger partial charge in [-0.1, -0.05) is 26.7 Å². The van der Waals surface area contributed by atoms with Crippen molar-refractivity contribution < 1.29 is 4.74 Å². The second-order valence-electron chi connectivity index (χ2n) is 9.28. The van der Waals surface area contributed by atoms with E-state index in [1.807, 2.05) is 0 Å². The summed E-state index contributed by atoms with van der Waals surface area (Å²) < 4.78 is 6.44. The first-order valence-corrected chi connectivity index (χ1v) is 9.28. The van der Waals surface area contributed by atoms with E-state index in [0.717, 1.165) is 17.8 Å². The van der Waals surface area contributed by atoms with Gasteiger partial charge in [-0.25, -0.2) is 0 Å². The van der Waals surface area contributed by atoms with Crippen LogP contribution in [0.25, 0.3) is 0 Å². The monoisotopic (exact) mass is 274 g/mol. The van der Waals surface area contributed by atoms with Gasteiger partial charge in [0.25, 0.3) is 0 Å². The highest BCUT2D eigenvalue weighted by molar-refractivity contribution is 5.25. The van der Waals surface area contributed by atoms with E-state index in [4.69, 9.17) is 4.74 Å². The summed E-state index contributed by atoms with van der Waals surface area (Å²) in [4.78, 5) is 0. The molecule has 0 N–H and O–H groups in total. The predicted molar refractivity (Wildman–Crippen MR) is 80.5 cm³/mol. The number of fused-ring (bicyclic) bond motifs is 3. The highest BCUT2D eigenvalue weighted by Gasteiger charge is 2.77. The number of epoxide rings is 1. The van der Waals surface area contributed by atoms with Gasteiger partial charge in [-0.15, -0.1) is 0 Å². The number of ether oxygens (including phenoxy) is 1. The van der Waals surface area contributed by atoms with Crippen LogP contribution in [0.5, 0.6) is 0 Å². The number of hydrogen-bond donors (Lipinski definition) is 0. The smallest absolute Gasteiger partial charge is 0.103 e. The average molecular weight is 274 g/mol. The van der Waals surface area contributed by atoms with E-state index < -0.39 is 0 Å². The quantitative estimate of drug-likeness (QED) is 0.570. The van der Waals surface area contributed by atoms with Gasteiger partial charge in [0, 0.05) is 0 Å². The molecule has 0 aromatic carbocycles. The Morgan fingerprint density at radius 1 is 0.800 bits per heavy atom. The molecule has 0 bridgehead atoms. The zero-order valence-electron chi connectivity index (χ0n) is 13.3. The molecule has 4 aliphatic carbocycles. The Morgan fingerprint density at radius 2 is 1.65 bits per heavy atom. The Kier molecular flexibility index (Phi) is 2.28. The molecule has 0 aromatic rings. The third kappa shape index (κ3) is 1.22. The predicted octanol–water partition coefficient (Wildman–Crippen LogP) is 4.94. The van der Waals surface area contributed by atoms with Gasteiger partial charge in [0.05, 0.1) is 6.10 Å². The molecule has 0 aromatic heterocycles. The summed E-state index contributed by atoms with van der Waals surface area (Å²) in [5, 5.41) is 0. The largest absolute Gasteiger partial charge is 0.365 e. The van der Waals surface area contributed by atoms with E-state index in [0.29, 0.717) is 22.5 Å². The molecular weight excluding hydrogens is 244 g/mol. The molecule has 1 aliphatic heterocycles. The second-order valence-corrected chi connectivity index (χ2v) is 9.28. The van der Waals surface area contributed by atoms with Crippen molar-refractivity contribution in [1.82, 2.24) is 0 Å². The lowest BCUT2D eigenvalue weighted by Gasteiger charge is -2.60. The van der Waals surface area contributed by atoms with Gasteiger partial charge in [0.15, 0.2) is 0 Å². The molecule has 0 amide bonds. The summed E-state index contributed by atoms with van der Waals surface area (Å²) in [5.74, 6) is 2.93. The molecule has 112 valence electrons. The summed E-state index contributed by atoms with van der Waals surface area (Å²) in [6.45, 7) is 5.23. The molecule has 1 spiro atoms. The van der Waals surface area contributed by atoms with Gasteiger partial charge in [0.1, 0.15) is 5.60 Å². The fraction of sp³-hybridized carbons (Fsp3) is 1.00. The summed E-state index contributed by atoms with van der Waals surface area (Å²) in [5.41, 5.74) is 1.55. The van der Waals surface area contributed by atoms with Crippen molar-refractivity contribution in [3.63, 3.8) is 0 Å². The van der Waals surface area contributed by atoms with E-state index in [1.165, 1.54) is 64.2 Å². The number of hydrogen-bond acceptors (Lipinski definition) is 1. The van der Waals surface area contributed by atoms with Crippen LogP contribution >= 0.6 is 0 Å². The molecule has 6 unspecified atom stereocenters. The van der Waals surface area contributed by atoms with Crippen molar-refractivity contribution in [3.05, 3.63) is 0 Å². The van der Waals surface area contributed by atoms with Crippen molar-refractivity contribution in [3.8, 4) is 0 Å². The summed E-state index contributed by atoms with van der Waals surface area (Å²) >= 11 is 0. The van der Waals surface area contributed by atoms with Crippen LogP contribution in [0.1, 0.15) is 78.1 Å². The maximum atomic E-state index is 6.44. The van der Waals surface area contributed by atoms with E-state index >= 15 is 0 Å². The molecule has 1 heterocycles. The lowest BCUT2D eigenvalue weighted by molar-refractivity contribution is -0.122. The van der Waals surface area contributed by atoms with Crippen LogP contribution in [-0.4, -0.2) is 11.7 Å². The van der Waals surface area contributed by atoms with Crippen molar-refractivity contribution in [1.29, 1.82) is 0 Å². The Morgan fingerprint density at radius 3 is 2.50 bits per heavy atom. The van der Waals surface area contributed by atoms with Crippen molar-refractivity contribution in [2.24, 2.45) is 28.6 Å². The van der Waals surface area contributed by atoms with Crippen LogP contribution in [0, 0.1) is 28.6 Å². The fourth-order valence-electron chi connectivity index (χ4n) is 7.70. The maximum Gasteiger partial charge on any atom is 0.103 e. The molecular formula is C19H30O. The average Bonchev–Trinajstić information content (AvgIpc) is 3.10. The SMILES string of the molecule is CC12CCCC[C@@H]1CCC1C2CCC2(C)CCC3OC312. The molecule has 1 heteroatoms. The van der Waals surface area contributed by atoms with Crippen LogP contribution < -0.4 is 0 Å². The molecule has 1 saturated heterocycles. The highest BCUT2D eigenvalue weighted by Crippen LogP contribution is 2.74. The Labute approximate surface area is 123 Å². The first-order chi connectivity index (χ1) is 9.60. The van der Waals surface area contributed by atoms with Gasteiger partial charge >= 0.3 is 0 Å². The molecule has 5 rings (SSSR count). The van der Waals surface area contributed by atoms with Crippen molar-refractivity contribution >= 4 is 0 Å². The molecule has 5 fully saturated rings. The maximum absolute atomic E-state index is 6.44. The summed E-state index contributed by atoms with van der Waals surface area (Å²) in [6, 6.07) is 0. The lowest BCUT2D eigenvalue weighted by atomic mass is 9.45. The van der Waals surface area contributed by atoms with Gasteiger partial charge in [0.2, 0.25) is 0 Å². The molecule has 20 heavy (non-hydrogen) atoms. The van der Waals surface area contributed by atoms with E-state index in [2.05, 4.69) is 13.8 Å². The zero-order valence-corrected chi connectivity index (χ0v) is 13.3. The topological polar surface area (TPSA) is 12.5 Å². The van der Waals surface area contributed by atoms with Gasteiger partial charge < -0.3 is 4.74 Å². The van der Waals surface area contributed by atoms with Gasteiger partial charge in [-0.2, -0.15) is 0 Å². The normalized spacial score (nSPS) is 63.9. The first-order valence-electron chi connectivity index (χ1n) is 9.28. The molecule has 4 saturated carbocycles. The minimum absolute atomic E-state index is 0.349. The molecule has 0 radical (unpaired) electrons. The Bertz CT molecular complexity index is 445. The second kappa shape index (κ2) is 3.65. The third-order valence-corrected chi connectivity index (χ3v) is 8.83. The first kappa shape index (κ1) is 12.5. The molecule has 1 nitrogen and oxygen atoms in total. The van der Waals surface area contributed by atoms with Crippen LogP contribution in [0.4, 0.5) is 0 Å². The van der Waals surface area contributed by atoms with Gasteiger partial charge in [-0.3, -0.25) is 0 Å².